The normalized spacial score (nSPS) is 12.2. The molecule has 0 saturated heterocycles. The van der Waals surface area contributed by atoms with Crippen LogP contribution in [0.5, 0.6) is 0 Å². The van der Waals surface area contributed by atoms with E-state index in [1.807, 2.05) is 49.4 Å². The molecule has 0 fully saturated rings. The predicted octanol–water partition coefficient (Wildman–Crippen LogP) is 4.24. The second-order valence-electron chi connectivity index (χ2n) is 8.06. The molecule has 0 radical (unpaired) electrons. The number of carbonyl (C=O) groups is 1. The monoisotopic (exact) mass is 463 g/mol. The highest BCUT2D eigenvalue weighted by atomic mass is 32.2. The first-order chi connectivity index (χ1) is 15.7. The Balaban J connectivity index is 1.79. The van der Waals surface area contributed by atoms with Gasteiger partial charge in [-0.1, -0.05) is 74.0 Å². The number of nitrogens with one attached hydrogen (secondary N) is 2. The number of amides is 1. The first kappa shape index (κ1) is 24.2. The van der Waals surface area contributed by atoms with Crippen LogP contribution in [-0.2, 0) is 21.2 Å². The standard InChI is InChI=1S/C26H29N3O3S/c1-3-7-23(26(30)29-17-18-8-6-9-21(16-18)25(27)28)20-14-12-19(13-15-20)22-10-4-5-11-24(22)33(2,31)32/h4-6,8-16,23H,3,7,17H2,1-2H3,(H3,27,28)(H,29,30). The minimum Gasteiger partial charge on any atom is -0.384 e. The Labute approximate surface area is 195 Å². The van der Waals surface area contributed by atoms with E-state index in [1.54, 1.807) is 30.3 Å². The van der Waals surface area contributed by atoms with Crippen molar-refractivity contribution < 1.29 is 13.2 Å². The number of sulfone groups is 1. The third-order valence-corrected chi connectivity index (χ3v) is 6.66. The van der Waals surface area contributed by atoms with Gasteiger partial charge in [0, 0.05) is 23.9 Å². The molecule has 33 heavy (non-hydrogen) atoms. The fourth-order valence-corrected chi connectivity index (χ4v) is 4.73. The van der Waals surface area contributed by atoms with Gasteiger partial charge in [-0.15, -0.1) is 0 Å². The molecule has 0 saturated carbocycles. The molecule has 1 unspecified atom stereocenters. The van der Waals surface area contributed by atoms with Gasteiger partial charge in [-0.25, -0.2) is 8.42 Å². The summed E-state index contributed by atoms with van der Waals surface area (Å²) >= 11 is 0. The fraction of sp³-hybridized carbons (Fsp3) is 0.231. The Morgan fingerprint density at radius 2 is 1.73 bits per heavy atom. The molecule has 0 heterocycles. The predicted molar refractivity (Wildman–Crippen MR) is 132 cm³/mol. The zero-order chi connectivity index (χ0) is 24.0. The van der Waals surface area contributed by atoms with E-state index in [0.717, 1.165) is 23.1 Å². The summed E-state index contributed by atoms with van der Waals surface area (Å²) in [4.78, 5) is 13.3. The second kappa shape index (κ2) is 10.4. The summed E-state index contributed by atoms with van der Waals surface area (Å²) in [5, 5.41) is 10.6. The number of carbonyl (C=O) groups excluding carboxylic acids is 1. The lowest BCUT2D eigenvalue weighted by Crippen LogP contribution is -2.29. The van der Waals surface area contributed by atoms with Crippen molar-refractivity contribution >= 4 is 21.6 Å². The molecule has 6 nitrogen and oxygen atoms in total. The minimum atomic E-state index is -3.36. The van der Waals surface area contributed by atoms with Crippen molar-refractivity contribution in [2.75, 3.05) is 6.26 Å². The van der Waals surface area contributed by atoms with Crippen molar-refractivity contribution in [1.29, 1.82) is 5.41 Å². The third-order valence-electron chi connectivity index (χ3n) is 5.51. The van der Waals surface area contributed by atoms with Gasteiger partial charge in [-0.2, -0.15) is 0 Å². The van der Waals surface area contributed by atoms with Gasteiger partial charge in [-0.05, 0) is 35.2 Å². The smallest absolute Gasteiger partial charge is 0.227 e. The summed E-state index contributed by atoms with van der Waals surface area (Å²) in [7, 11) is -3.36. The van der Waals surface area contributed by atoms with Crippen LogP contribution in [0.3, 0.4) is 0 Å². The molecular formula is C26H29N3O3S. The molecular weight excluding hydrogens is 434 g/mol. The molecule has 3 rings (SSSR count). The van der Waals surface area contributed by atoms with Gasteiger partial charge in [0.15, 0.2) is 9.84 Å². The fourth-order valence-electron chi connectivity index (χ4n) is 3.82. The van der Waals surface area contributed by atoms with Gasteiger partial charge < -0.3 is 11.1 Å². The van der Waals surface area contributed by atoms with Crippen LogP contribution in [0.15, 0.2) is 77.7 Å². The molecule has 0 aromatic heterocycles. The van der Waals surface area contributed by atoms with E-state index in [4.69, 9.17) is 11.1 Å². The summed E-state index contributed by atoms with van der Waals surface area (Å²) in [6.07, 6.45) is 2.74. The molecule has 3 aromatic carbocycles. The van der Waals surface area contributed by atoms with Crippen LogP contribution in [0, 0.1) is 5.41 Å². The maximum Gasteiger partial charge on any atom is 0.227 e. The Morgan fingerprint density at radius 1 is 1.03 bits per heavy atom. The number of hydrogen-bond donors (Lipinski definition) is 3. The lowest BCUT2D eigenvalue weighted by molar-refractivity contribution is -0.122. The molecule has 0 aliphatic rings. The number of nitrogen functional groups attached to an aromatic ring is 1. The highest BCUT2D eigenvalue weighted by Crippen LogP contribution is 2.30. The first-order valence-corrected chi connectivity index (χ1v) is 12.7. The topological polar surface area (TPSA) is 113 Å². The van der Waals surface area contributed by atoms with Gasteiger partial charge in [0.05, 0.1) is 10.8 Å². The van der Waals surface area contributed by atoms with Crippen LogP contribution in [-0.4, -0.2) is 26.4 Å². The summed E-state index contributed by atoms with van der Waals surface area (Å²) < 4.78 is 24.3. The van der Waals surface area contributed by atoms with Gasteiger partial charge in [0.1, 0.15) is 5.84 Å². The summed E-state index contributed by atoms with van der Waals surface area (Å²) in [5.41, 5.74) is 9.37. The number of rotatable bonds is 9. The van der Waals surface area contributed by atoms with Gasteiger partial charge in [-0.3, -0.25) is 10.2 Å². The van der Waals surface area contributed by atoms with Crippen LogP contribution in [0.2, 0.25) is 0 Å². The van der Waals surface area contributed by atoms with Crippen molar-refractivity contribution in [2.45, 2.75) is 37.1 Å². The van der Waals surface area contributed by atoms with E-state index >= 15 is 0 Å². The Morgan fingerprint density at radius 3 is 2.36 bits per heavy atom. The molecule has 3 aromatic rings. The first-order valence-electron chi connectivity index (χ1n) is 10.8. The maximum absolute atomic E-state index is 13.0. The van der Waals surface area contributed by atoms with Crippen molar-refractivity contribution in [2.24, 2.45) is 5.73 Å². The van der Waals surface area contributed by atoms with Crippen molar-refractivity contribution in [1.82, 2.24) is 5.32 Å². The molecule has 7 heteroatoms. The van der Waals surface area contributed by atoms with E-state index < -0.39 is 9.84 Å². The zero-order valence-electron chi connectivity index (χ0n) is 18.8. The largest absolute Gasteiger partial charge is 0.384 e. The van der Waals surface area contributed by atoms with Crippen molar-refractivity contribution in [3.63, 3.8) is 0 Å². The Hall–Kier alpha value is -3.45. The Kier molecular flexibility index (Phi) is 7.66. The number of nitrogens with two attached hydrogens (primary N) is 1. The third kappa shape index (κ3) is 6.08. The van der Waals surface area contributed by atoms with E-state index in [2.05, 4.69) is 5.32 Å². The Bertz CT molecular complexity index is 1250. The lowest BCUT2D eigenvalue weighted by atomic mass is 9.92. The van der Waals surface area contributed by atoms with Gasteiger partial charge in [0.25, 0.3) is 0 Å². The molecule has 1 atom stereocenters. The van der Waals surface area contributed by atoms with E-state index in [0.29, 0.717) is 24.1 Å². The molecule has 1 amide bonds. The minimum absolute atomic E-state index is 0.00966. The molecule has 0 spiro atoms. The van der Waals surface area contributed by atoms with Crippen molar-refractivity contribution in [3.8, 4) is 11.1 Å². The lowest BCUT2D eigenvalue weighted by Gasteiger charge is -2.18. The SMILES string of the molecule is CCCC(C(=O)NCc1cccc(C(=N)N)c1)c1ccc(-c2ccccc2S(C)(=O)=O)cc1. The van der Waals surface area contributed by atoms with E-state index in [-0.39, 0.29) is 22.6 Å². The summed E-state index contributed by atoms with van der Waals surface area (Å²) in [6, 6.07) is 21.7. The highest BCUT2D eigenvalue weighted by molar-refractivity contribution is 7.90. The number of hydrogen-bond acceptors (Lipinski definition) is 4. The molecule has 0 aliphatic heterocycles. The maximum atomic E-state index is 13.0. The van der Waals surface area contributed by atoms with Crippen molar-refractivity contribution in [3.05, 3.63) is 89.5 Å². The van der Waals surface area contributed by atoms with E-state index in [9.17, 15) is 13.2 Å². The van der Waals surface area contributed by atoms with E-state index in [1.165, 1.54) is 6.26 Å². The van der Waals surface area contributed by atoms with Crippen LogP contribution in [0.1, 0.15) is 42.4 Å². The summed E-state index contributed by atoms with van der Waals surface area (Å²) in [5.74, 6) is -0.399. The second-order valence-corrected chi connectivity index (χ2v) is 10.0. The quantitative estimate of drug-likeness (QED) is 0.325. The van der Waals surface area contributed by atoms with Gasteiger partial charge in [0.2, 0.25) is 5.91 Å². The zero-order valence-corrected chi connectivity index (χ0v) is 19.7. The average molecular weight is 464 g/mol. The van der Waals surface area contributed by atoms with Crippen LogP contribution >= 0.6 is 0 Å². The molecule has 4 N–H and O–H groups in total. The van der Waals surface area contributed by atoms with Crippen LogP contribution in [0.4, 0.5) is 0 Å². The number of benzene rings is 3. The average Bonchev–Trinajstić information content (AvgIpc) is 2.81. The molecule has 0 bridgehead atoms. The molecule has 172 valence electrons. The van der Waals surface area contributed by atoms with Crippen LogP contribution < -0.4 is 11.1 Å². The van der Waals surface area contributed by atoms with Crippen LogP contribution in [0.25, 0.3) is 11.1 Å². The molecule has 0 aliphatic carbocycles. The van der Waals surface area contributed by atoms with Gasteiger partial charge >= 0.3 is 0 Å². The highest BCUT2D eigenvalue weighted by Gasteiger charge is 2.20. The summed E-state index contributed by atoms with van der Waals surface area (Å²) in [6.45, 7) is 2.38. The number of amidine groups is 1.